The summed E-state index contributed by atoms with van der Waals surface area (Å²) in [7, 11) is 0. The zero-order chi connectivity index (χ0) is 13.1. The molecular formula is C12H12N2O4. The Morgan fingerprint density at radius 3 is 2.89 bits per heavy atom. The fourth-order valence-corrected chi connectivity index (χ4v) is 1.97. The van der Waals surface area contributed by atoms with Crippen LogP contribution in [0, 0.1) is 0 Å². The Bertz CT molecular complexity index is 486. The number of rotatable bonds is 4. The lowest BCUT2D eigenvalue weighted by Gasteiger charge is -2.13. The Labute approximate surface area is 103 Å². The molecule has 1 aromatic rings. The van der Waals surface area contributed by atoms with Gasteiger partial charge >= 0.3 is 5.97 Å². The summed E-state index contributed by atoms with van der Waals surface area (Å²) < 4.78 is 0. The SMILES string of the molecule is O=C(O)CCN1C(=O)CC(c2cccnc2)C1=O. The van der Waals surface area contributed by atoms with Gasteiger partial charge in [0.2, 0.25) is 11.8 Å². The first-order valence-corrected chi connectivity index (χ1v) is 5.55. The first-order chi connectivity index (χ1) is 8.59. The van der Waals surface area contributed by atoms with Crippen LogP contribution in [0.5, 0.6) is 0 Å². The van der Waals surface area contributed by atoms with Gasteiger partial charge in [0.05, 0.1) is 12.3 Å². The molecule has 0 bridgehead atoms. The van der Waals surface area contributed by atoms with Gasteiger partial charge in [0.1, 0.15) is 0 Å². The highest BCUT2D eigenvalue weighted by atomic mass is 16.4. The zero-order valence-electron chi connectivity index (χ0n) is 9.57. The highest BCUT2D eigenvalue weighted by Gasteiger charge is 2.39. The molecular weight excluding hydrogens is 236 g/mol. The van der Waals surface area contributed by atoms with Gasteiger partial charge < -0.3 is 5.11 Å². The molecule has 0 aromatic carbocycles. The summed E-state index contributed by atoms with van der Waals surface area (Å²) in [6, 6.07) is 3.44. The molecule has 1 saturated heterocycles. The van der Waals surface area contributed by atoms with Crippen LogP contribution in [0.25, 0.3) is 0 Å². The third-order valence-electron chi connectivity index (χ3n) is 2.88. The molecule has 94 valence electrons. The first-order valence-electron chi connectivity index (χ1n) is 5.55. The lowest BCUT2D eigenvalue weighted by molar-refractivity contribution is -0.141. The third kappa shape index (κ3) is 2.37. The van der Waals surface area contributed by atoms with E-state index in [1.54, 1.807) is 24.5 Å². The van der Waals surface area contributed by atoms with Crippen molar-refractivity contribution in [2.45, 2.75) is 18.8 Å². The highest BCUT2D eigenvalue weighted by Crippen LogP contribution is 2.28. The molecule has 1 atom stereocenters. The van der Waals surface area contributed by atoms with Crippen LogP contribution in [-0.4, -0.2) is 39.3 Å². The second-order valence-corrected chi connectivity index (χ2v) is 4.07. The van der Waals surface area contributed by atoms with Gasteiger partial charge in [-0.2, -0.15) is 0 Å². The maximum absolute atomic E-state index is 12.0. The normalized spacial score (nSPS) is 19.3. The van der Waals surface area contributed by atoms with Gasteiger partial charge in [-0.3, -0.25) is 24.3 Å². The lowest BCUT2D eigenvalue weighted by Crippen LogP contribution is -2.32. The summed E-state index contributed by atoms with van der Waals surface area (Å²) in [5.41, 5.74) is 0.689. The predicted molar refractivity (Wildman–Crippen MR) is 60.6 cm³/mol. The fourth-order valence-electron chi connectivity index (χ4n) is 1.97. The summed E-state index contributed by atoms with van der Waals surface area (Å²) in [5.74, 6) is -2.22. The Morgan fingerprint density at radius 1 is 1.50 bits per heavy atom. The van der Waals surface area contributed by atoms with Crippen LogP contribution in [0.15, 0.2) is 24.5 Å². The first kappa shape index (κ1) is 12.2. The topological polar surface area (TPSA) is 87.6 Å². The molecule has 1 aromatic heterocycles. The summed E-state index contributed by atoms with van der Waals surface area (Å²) in [6.45, 7) is -0.0657. The molecule has 1 fully saturated rings. The quantitative estimate of drug-likeness (QED) is 0.779. The molecule has 6 nitrogen and oxygen atoms in total. The third-order valence-corrected chi connectivity index (χ3v) is 2.88. The van der Waals surface area contributed by atoms with Crippen molar-refractivity contribution in [2.75, 3.05) is 6.54 Å². The average molecular weight is 248 g/mol. The van der Waals surface area contributed by atoms with Gasteiger partial charge in [0.25, 0.3) is 0 Å². The molecule has 1 aliphatic rings. The standard InChI is InChI=1S/C12H12N2O4/c15-10-6-9(8-2-1-4-13-7-8)12(18)14(10)5-3-11(16)17/h1-2,4,7,9H,3,5-6H2,(H,16,17). The van der Waals surface area contributed by atoms with E-state index in [9.17, 15) is 14.4 Å². The molecule has 0 aliphatic carbocycles. The van der Waals surface area contributed by atoms with Crippen molar-refractivity contribution in [3.63, 3.8) is 0 Å². The van der Waals surface area contributed by atoms with Crippen LogP contribution in [0.3, 0.4) is 0 Å². The van der Waals surface area contributed by atoms with E-state index in [0.29, 0.717) is 5.56 Å². The number of amides is 2. The van der Waals surface area contributed by atoms with E-state index >= 15 is 0 Å². The van der Waals surface area contributed by atoms with Crippen molar-refractivity contribution in [3.8, 4) is 0 Å². The van der Waals surface area contributed by atoms with Crippen LogP contribution >= 0.6 is 0 Å². The molecule has 2 rings (SSSR count). The van der Waals surface area contributed by atoms with Crippen molar-refractivity contribution >= 4 is 17.8 Å². The number of hydrogen-bond donors (Lipinski definition) is 1. The van der Waals surface area contributed by atoms with Crippen LogP contribution in [0.1, 0.15) is 24.3 Å². The van der Waals surface area contributed by atoms with Gasteiger partial charge in [-0.1, -0.05) is 6.07 Å². The Balaban J connectivity index is 2.12. The smallest absolute Gasteiger partial charge is 0.305 e. The minimum absolute atomic E-state index is 0.0657. The summed E-state index contributed by atoms with van der Waals surface area (Å²) in [4.78, 5) is 39.1. The number of imide groups is 1. The van der Waals surface area contributed by atoms with E-state index < -0.39 is 11.9 Å². The fraction of sp³-hybridized carbons (Fsp3) is 0.333. The minimum atomic E-state index is -1.03. The molecule has 1 unspecified atom stereocenters. The molecule has 0 radical (unpaired) electrons. The number of carbonyl (C=O) groups is 3. The van der Waals surface area contributed by atoms with Crippen LogP contribution in [0.2, 0.25) is 0 Å². The Kier molecular flexibility index (Phi) is 3.36. The maximum atomic E-state index is 12.0. The summed E-state index contributed by atoms with van der Waals surface area (Å²) in [6.07, 6.45) is 3.00. The molecule has 1 aliphatic heterocycles. The largest absolute Gasteiger partial charge is 0.481 e. The molecule has 2 heterocycles. The lowest BCUT2D eigenvalue weighted by atomic mass is 10.00. The van der Waals surface area contributed by atoms with Crippen molar-refractivity contribution in [3.05, 3.63) is 30.1 Å². The van der Waals surface area contributed by atoms with E-state index in [4.69, 9.17) is 5.11 Å². The van der Waals surface area contributed by atoms with Crippen LogP contribution < -0.4 is 0 Å². The second-order valence-electron chi connectivity index (χ2n) is 4.07. The van der Waals surface area contributed by atoms with Crippen molar-refractivity contribution < 1.29 is 19.5 Å². The Morgan fingerprint density at radius 2 is 2.28 bits per heavy atom. The van der Waals surface area contributed by atoms with Gasteiger partial charge in [-0.25, -0.2) is 0 Å². The molecule has 18 heavy (non-hydrogen) atoms. The van der Waals surface area contributed by atoms with E-state index in [-0.39, 0.29) is 31.2 Å². The number of carboxylic acid groups (broad SMARTS) is 1. The molecule has 0 spiro atoms. The number of aromatic nitrogens is 1. The predicted octanol–water partition coefficient (Wildman–Crippen LogP) is 0.399. The Hall–Kier alpha value is -2.24. The summed E-state index contributed by atoms with van der Waals surface area (Å²) in [5, 5.41) is 8.57. The van der Waals surface area contributed by atoms with Crippen molar-refractivity contribution in [1.82, 2.24) is 9.88 Å². The monoisotopic (exact) mass is 248 g/mol. The van der Waals surface area contributed by atoms with E-state index in [0.717, 1.165) is 4.90 Å². The van der Waals surface area contributed by atoms with Gasteiger partial charge in [0, 0.05) is 25.4 Å². The second kappa shape index (κ2) is 4.95. The number of hydrogen-bond acceptors (Lipinski definition) is 4. The highest BCUT2D eigenvalue weighted by molar-refractivity contribution is 6.06. The van der Waals surface area contributed by atoms with E-state index in [1.165, 1.54) is 0 Å². The number of pyridine rings is 1. The van der Waals surface area contributed by atoms with Crippen molar-refractivity contribution in [2.24, 2.45) is 0 Å². The number of carboxylic acids is 1. The summed E-state index contributed by atoms with van der Waals surface area (Å²) >= 11 is 0. The van der Waals surface area contributed by atoms with E-state index in [2.05, 4.69) is 4.98 Å². The van der Waals surface area contributed by atoms with Crippen LogP contribution in [0.4, 0.5) is 0 Å². The molecule has 0 saturated carbocycles. The average Bonchev–Trinajstić information content (AvgIpc) is 2.63. The molecule has 1 N–H and O–H groups in total. The molecule has 2 amide bonds. The van der Waals surface area contributed by atoms with Gasteiger partial charge in [-0.05, 0) is 11.6 Å². The van der Waals surface area contributed by atoms with E-state index in [1.807, 2.05) is 0 Å². The number of likely N-dealkylation sites (tertiary alicyclic amines) is 1. The van der Waals surface area contributed by atoms with Gasteiger partial charge in [-0.15, -0.1) is 0 Å². The van der Waals surface area contributed by atoms with Crippen molar-refractivity contribution in [1.29, 1.82) is 0 Å². The molecule has 6 heteroatoms. The minimum Gasteiger partial charge on any atom is -0.481 e. The van der Waals surface area contributed by atoms with Gasteiger partial charge in [0.15, 0.2) is 0 Å². The number of carbonyl (C=O) groups excluding carboxylic acids is 2. The number of nitrogens with zero attached hydrogens (tertiary/aromatic N) is 2. The number of aliphatic carboxylic acids is 1. The van der Waals surface area contributed by atoms with Crippen LogP contribution in [-0.2, 0) is 14.4 Å². The maximum Gasteiger partial charge on any atom is 0.305 e. The zero-order valence-corrected chi connectivity index (χ0v) is 9.57.